The molecule has 0 aliphatic rings. The van der Waals surface area contributed by atoms with Gasteiger partial charge in [0.1, 0.15) is 0 Å². The number of benzene rings is 1. The zero-order valence-electron chi connectivity index (χ0n) is 8.80. The van der Waals surface area contributed by atoms with E-state index in [0.29, 0.717) is 22.3 Å². The Morgan fingerprint density at radius 1 is 1.40 bits per heavy atom. The number of hydrogen-bond donors (Lipinski definition) is 1. The van der Waals surface area contributed by atoms with E-state index in [9.17, 15) is 0 Å². The fourth-order valence-electron chi connectivity index (χ4n) is 1.24. The molecule has 0 heterocycles. The Balaban J connectivity index is 2.81. The predicted molar refractivity (Wildman–Crippen MR) is 66.9 cm³/mol. The lowest BCUT2D eigenvalue weighted by Gasteiger charge is -2.05. The van der Waals surface area contributed by atoms with Crippen molar-refractivity contribution in [3.63, 3.8) is 0 Å². The molecule has 0 fully saturated rings. The van der Waals surface area contributed by atoms with Crippen LogP contribution in [-0.2, 0) is 6.42 Å². The predicted octanol–water partition coefficient (Wildman–Crippen LogP) is 3.30. The molecule has 1 aromatic rings. The third kappa shape index (κ3) is 4.10. The molecule has 0 aromatic heterocycles. The number of amidine groups is 1. The smallest absolute Gasteiger partial charge is 0.0985 e. The second-order valence-corrected chi connectivity index (χ2v) is 4.47. The summed E-state index contributed by atoms with van der Waals surface area (Å²) in [6.45, 7) is 3.96. The largest absolute Gasteiger partial charge is 0.387 e. The molecule has 0 spiro atoms. The van der Waals surface area contributed by atoms with Crippen LogP contribution < -0.4 is 5.73 Å². The molecule has 2 N–H and O–H groups in total. The van der Waals surface area contributed by atoms with Crippen molar-refractivity contribution in [2.45, 2.75) is 26.3 Å². The number of hydrogen-bond acceptors (Lipinski definition) is 1. The van der Waals surface area contributed by atoms with E-state index in [2.05, 4.69) is 4.99 Å². The molecule has 0 radical (unpaired) electrons. The Bertz CT molecular complexity index is 373. The summed E-state index contributed by atoms with van der Waals surface area (Å²) in [5.74, 6) is 0.592. The van der Waals surface area contributed by atoms with Crippen LogP contribution in [0.2, 0.25) is 10.0 Å². The van der Waals surface area contributed by atoms with Crippen LogP contribution >= 0.6 is 23.2 Å². The summed E-state index contributed by atoms with van der Waals surface area (Å²) in [6.07, 6.45) is 0.564. The summed E-state index contributed by atoms with van der Waals surface area (Å²) in [5, 5.41) is 1.26. The van der Waals surface area contributed by atoms with Crippen molar-refractivity contribution in [1.29, 1.82) is 0 Å². The third-order valence-corrected chi connectivity index (χ3v) is 2.40. The Kier molecular flexibility index (Phi) is 4.43. The third-order valence-electron chi connectivity index (χ3n) is 1.81. The molecule has 0 saturated heterocycles. The van der Waals surface area contributed by atoms with Gasteiger partial charge in [0.2, 0.25) is 0 Å². The van der Waals surface area contributed by atoms with Crippen LogP contribution in [0.1, 0.15) is 19.4 Å². The van der Waals surface area contributed by atoms with Gasteiger partial charge in [0.15, 0.2) is 0 Å². The van der Waals surface area contributed by atoms with E-state index in [-0.39, 0.29) is 6.04 Å². The van der Waals surface area contributed by atoms with Gasteiger partial charge in [-0.3, -0.25) is 4.99 Å². The number of halogens is 2. The minimum Gasteiger partial charge on any atom is -0.387 e. The summed E-state index contributed by atoms with van der Waals surface area (Å²) < 4.78 is 0. The normalized spacial score (nSPS) is 12.2. The van der Waals surface area contributed by atoms with Gasteiger partial charge in [-0.1, -0.05) is 29.3 Å². The maximum absolute atomic E-state index is 6.02. The quantitative estimate of drug-likeness (QED) is 0.644. The van der Waals surface area contributed by atoms with Gasteiger partial charge in [-0.05, 0) is 31.5 Å². The van der Waals surface area contributed by atoms with Gasteiger partial charge in [0, 0.05) is 22.5 Å². The molecule has 15 heavy (non-hydrogen) atoms. The van der Waals surface area contributed by atoms with Crippen molar-refractivity contribution in [3.8, 4) is 0 Å². The topological polar surface area (TPSA) is 38.4 Å². The molecule has 0 aliphatic heterocycles. The van der Waals surface area contributed by atoms with E-state index >= 15 is 0 Å². The van der Waals surface area contributed by atoms with E-state index in [0.717, 1.165) is 5.56 Å². The lowest BCUT2D eigenvalue weighted by atomic mass is 10.1. The second kappa shape index (κ2) is 5.38. The fraction of sp³-hybridized carbons (Fsp3) is 0.364. The van der Waals surface area contributed by atoms with Crippen LogP contribution in [-0.4, -0.2) is 11.9 Å². The monoisotopic (exact) mass is 244 g/mol. The number of nitrogens with zero attached hydrogens (tertiary/aromatic N) is 1. The summed E-state index contributed by atoms with van der Waals surface area (Å²) in [7, 11) is 0. The Morgan fingerprint density at radius 2 is 2.07 bits per heavy atom. The van der Waals surface area contributed by atoms with E-state index in [1.54, 1.807) is 12.1 Å². The van der Waals surface area contributed by atoms with Crippen molar-refractivity contribution in [2.24, 2.45) is 10.7 Å². The van der Waals surface area contributed by atoms with Gasteiger partial charge in [0.25, 0.3) is 0 Å². The van der Waals surface area contributed by atoms with Gasteiger partial charge in [0.05, 0.1) is 5.84 Å². The first-order valence-corrected chi connectivity index (χ1v) is 5.50. The van der Waals surface area contributed by atoms with Gasteiger partial charge >= 0.3 is 0 Å². The van der Waals surface area contributed by atoms with Crippen LogP contribution in [0, 0.1) is 0 Å². The van der Waals surface area contributed by atoms with Crippen molar-refractivity contribution < 1.29 is 0 Å². The first-order valence-electron chi connectivity index (χ1n) is 4.75. The van der Waals surface area contributed by atoms with Gasteiger partial charge in [-0.2, -0.15) is 0 Å². The average Bonchev–Trinajstić information content (AvgIpc) is 2.08. The van der Waals surface area contributed by atoms with Crippen molar-refractivity contribution >= 4 is 29.0 Å². The lowest BCUT2D eigenvalue weighted by Crippen LogP contribution is -2.17. The molecule has 0 amide bonds. The Morgan fingerprint density at radius 3 is 2.60 bits per heavy atom. The second-order valence-electron chi connectivity index (χ2n) is 3.63. The molecule has 4 heteroatoms. The van der Waals surface area contributed by atoms with Crippen molar-refractivity contribution in [3.05, 3.63) is 33.8 Å². The SMILES string of the molecule is CC(C)N=C(N)Cc1ccc(Cl)cc1Cl. The zero-order chi connectivity index (χ0) is 11.4. The highest BCUT2D eigenvalue weighted by Gasteiger charge is 2.03. The summed E-state index contributed by atoms with van der Waals surface area (Å²) >= 11 is 11.8. The van der Waals surface area contributed by atoms with Crippen LogP contribution in [0.4, 0.5) is 0 Å². The van der Waals surface area contributed by atoms with Gasteiger partial charge in [-0.25, -0.2) is 0 Å². The minimum atomic E-state index is 0.205. The number of nitrogens with two attached hydrogens (primary N) is 1. The first kappa shape index (κ1) is 12.3. The van der Waals surface area contributed by atoms with Crippen LogP contribution in [0.3, 0.4) is 0 Å². The maximum Gasteiger partial charge on any atom is 0.0985 e. The first-order chi connectivity index (χ1) is 6.99. The molecule has 0 unspecified atom stereocenters. The highest BCUT2D eigenvalue weighted by atomic mass is 35.5. The number of rotatable bonds is 3. The standard InChI is InChI=1S/C11H14Cl2N2/c1-7(2)15-11(14)5-8-3-4-9(12)6-10(8)13/h3-4,6-7H,5H2,1-2H3,(H2,14,15). The summed E-state index contributed by atoms with van der Waals surface area (Å²) in [4.78, 5) is 4.24. The summed E-state index contributed by atoms with van der Waals surface area (Å²) in [5.41, 5.74) is 6.72. The minimum absolute atomic E-state index is 0.205. The van der Waals surface area contributed by atoms with Crippen LogP contribution in [0.25, 0.3) is 0 Å². The maximum atomic E-state index is 6.02. The van der Waals surface area contributed by atoms with Gasteiger partial charge in [-0.15, -0.1) is 0 Å². The zero-order valence-corrected chi connectivity index (χ0v) is 10.3. The Hall–Kier alpha value is -0.730. The highest BCUT2D eigenvalue weighted by molar-refractivity contribution is 6.35. The van der Waals surface area contributed by atoms with E-state index in [1.165, 1.54) is 0 Å². The lowest BCUT2D eigenvalue weighted by molar-refractivity contribution is 0.829. The fourth-order valence-corrected chi connectivity index (χ4v) is 1.71. The molecule has 0 atom stereocenters. The molecular formula is C11H14Cl2N2. The molecule has 0 bridgehead atoms. The molecule has 1 aromatic carbocycles. The molecule has 0 saturated carbocycles. The molecule has 82 valence electrons. The van der Waals surface area contributed by atoms with Crippen LogP contribution in [0.15, 0.2) is 23.2 Å². The molecule has 0 aliphatic carbocycles. The Labute approximate surface area is 100 Å². The van der Waals surface area contributed by atoms with E-state index in [4.69, 9.17) is 28.9 Å². The van der Waals surface area contributed by atoms with Crippen molar-refractivity contribution in [2.75, 3.05) is 0 Å². The van der Waals surface area contributed by atoms with Gasteiger partial charge < -0.3 is 5.73 Å². The molecule has 1 rings (SSSR count). The average molecular weight is 245 g/mol. The van der Waals surface area contributed by atoms with E-state index < -0.39 is 0 Å². The van der Waals surface area contributed by atoms with E-state index in [1.807, 2.05) is 19.9 Å². The molecule has 2 nitrogen and oxygen atoms in total. The number of aliphatic imine (C=N–C) groups is 1. The molecular weight excluding hydrogens is 231 g/mol. The highest BCUT2D eigenvalue weighted by Crippen LogP contribution is 2.21. The van der Waals surface area contributed by atoms with Crippen molar-refractivity contribution in [1.82, 2.24) is 0 Å². The summed E-state index contributed by atoms with van der Waals surface area (Å²) in [6, 6.07) is 5.58. The van der Waals surface area contributed by atoms with Crippen LogP contribution in [0.5, 0.6) is 0 Å².